The van der Waals surface area contributed by atoms with Crippen LogP contribution in [0.2, 0.25) is 0 Å². The largest absolute Gasteiger partial charge is 0.205 e. The van der Waals surface area contributed by atoms with Gasteiger partial charge in [0.15, 0.2) is 11.9 Å². The Labute approximate surface area is 81.0 Å². The van der Waals surface area contributed by atoms with Gasteiger partial charge in [0, 0.05) is 13.0 Å². The number of aryl methyl sites for hydroxylation is 1. The van der Waals surface area contributed by atoms with Crippen molar-refractivity contribution in [3.63, 3.8) is 0 Å². The van der Waals surface area contributed by atoms with E-state index in [1.54, 1.807) is 6.20 Å². The van der Waals surface area contributed by atoms with Crippen molar-refractivity contribution in [2.45, 2.75) is 6.92 Å². The first-order valence-electron chi connectivity index (χ1n) is 4.02. The van der Waals surface area contributed by atoms with E-state index in [0.29, 0.717) is 0 Å². The van der Waals surface area contributed by atoms with Crippen molar-refractivity contribution in [2.24, 2.45) is 7.05 Å². The first-order chi connectivity index (χ1) is 6.29. The Morgan fingerprint density at radius 1 is 1.46 bits per heavy atom. The normalized spacial score (nSPS) is 10.3. The minimum atomic E-state index is 0.957. The van der Waals surface area contributed by atoms with Crippen LogP contribution in [0.15, 0.2) is 24.5 Å². The summed E-state index contributed by atoms with van der Waals surface area (Å²) in [6.07, 6.45) is 3.83. The Hall–Kier alpha value is -1.29. The molecule has 0 unspecified atom stereocenters. The molecule has 2 aromatic rings. The number of hydrogen-bond acceptors (Lipinski definition) is 3. The fourth-order valence-corrected chi connectivity index (χ4v) is 1.67. The molecule has 13 heavy (non-hydrogen) atoms. The third-order valence-corrected chi connectivity index (χ3v) is 2.61. The first-order valence-corrected chi connectivity index (χ1v) is 4.75. The summed E-state index contributed by atoms with van der Waals surface area (Å²) in [5.74, 6) is 0. The highest BCUT2D eigenvalue weighted by atomic mass is 32.1. The molecule has 3 nitrogen and oxygen atoms in total. The van der Waals surface area contributed by atoms with E-state index in [1.165, 1.54) is 17.4 Å². The highest BCUT2D eigenvalue weighted by Gasteiger charge is 2.10. The van der Waals surface area contributed by atoms with Gasteiger partial charge >= 0.3 is 0 Å². The van der Waals surface area contributed by atoms with E-state index in [2.05, 4.69) is 26.3 Å². The molecule has 0 spiro atoms. The highest BCUT2D eigenvalue weighted by molar-refractivity contribution is 6.99. The van der Waals surface area contributed by atoms with Gasteiger partial charge in [-0.1, -0.05) is 0 Å². The van der Waals surface area contributed by atoms with Crippen LogP contribution >= 0.6 is 11.7 Å². The van der Waals surface area contributed by atoms with Gasteiger partial charge in [-0.15, -0.1) is 0 Å². The maximum absolute atomic E-state index is 4.21. The summed E-state index contributed by atoms with van der Waals surface area (Å²) in [6, 6.07) is 4.08. The standard InChI is InChI=1S/C9H10N3S/c1-7-8(4-3-5-12(7)2)9-6-10-13-11-9/h3-6H,1-2H3/q+1. The van der Waals surface area contributed by atoms with Crippen LogP contribution in [0.4, 0.5) is 0 Å². The smallest absolute Gasteiger partial charge is 0.187 e. The Morgan fingerprint density at radius 2 is 2.31 bits per heavy atom. The molecule has 0 saturated heterocycles. The Balaban J connectivity index is 2.59. The summed E-state index contributed by atoms with van der Waals surface area (Å²) in [7, 11) is 2.03. The summed E-state index contributed by atoms with van der Waals surface area (Å²) < 4.78 is 10.3. The summed E-state index contributed by atoms with van der Waals surface area (Å²) in [4.78, 5) is 0. The van der Waals surface area contributed by atoms with Crippen LogP contribution in [-0.2, 0) is 7.05 Å². The van der Waals surface area contributed by atoms with Crippen LogP contribution in [0.3, 0.4) is 0 Å². The lowest BCUT2D eigenvalue weighted by Gasteiger charge is -1.98. The van der Waals surface area contributed by atoms with Gasteiger partial charge in [0.25, 0.3) is 0 Å². The lowest BCUT2D eigenvalue weighted by atomic mass is 10.1. The van der Waals surface area contributed by atoms with E-state index in [9.17, 15) is 0 Å². The van der Waals surface area contributed by atoms with Crippen molar-refractivity contribution in [1.29, 1.82) is 0 Å². The van der Waals surface area contributed by atoms with Crippen molar-refractivity contribution in [3.8, 4) is 11.3 Å². The first kappa shape index (κ1) is 8.31. The molecule has 0 saturated carbocycles. The van der Waals surface area contributed by atoms with Gasteiger partial charge in [0.05, 0.1) is 23.5 Å². The number of hydrogen-bond donors (Lipinski definition) is 0. The van der Waals surface area contributed by atoms with Crippen LogP contribution < -0.4 is 4.57 Å². The molecule has 66 valence electrons. The van der Waals surface area contributed by atoms with Crippen molar-refractivity contribution in [3.05, 3.63) is 30.2 Å². The number of nitrogens with zero attached hydrogens (tertiary/aromatic N) is 3. The van der Waals surface area contributed by atoms with Gasteiger partial charge in [-0.25, -0.2) is 4.57 Å². The SMILES string of the molecule is Cc1c(-c2cnsn2)ccc[n+]1C. The number of rotatable bonds is 1. The molecule has 0 N–H and O–H groups in total. The van der Waals surface area contributed by atoms with Gasteiger partial charge in [0.1, 0.15) is 12.7 Å². The van der Waals surface area contributed by atoms with E-state index >= 15 is 0 Å². The second kappa shape index (κ2) is 3.22. The van der Waals surface area contributed by atoms with Crippen molar-refractivity contribution in [1.82, 2.24) is 8.75 Å². The third kappa shape index (κ3) is 1.45. The zero-order valence-electron chi connectivity index (χ0n) is 7.56. The summed E-state index contributed by atoms with van der Waals surface area (Å²) >= 11 is 1.24. The highest BCUT2D eigenvalue weighted by Crippen LogP contribution is 2.17. The van der Waals surface area contributed by atoms with Gasteiger partial charge in [0.2, 0.25) is 0 Å². The molecule has 0 aromatic carbocycles. The number of pyridine rings is 1. The van der Waals surface area contributed by atoms with E-state index in [1.807, 2.05) is 19.3 Å². The van der Waals surface area contributed by atoms with Gasteiger partial charge in [-0.05, 0) is 6.07 Å². The summed E-state index contributed by atoms with van der Waals surface area (Å²) in [6.45, 7) is 2.08. The number of aromatic nitrogens is 3. The van der Waals surface area contributed by atoms with Crippen LogP contribution in [-0.4, -0.2) is 8.75 Å². The molecule has 0 radical (unpaired) electrons. The van der Waals surface area contributed by atoms with Crippen LogP contribution in [0.1, 0.15) is 5.69 Å². The lowest BCUT2D eigenvalue weighted by Crippen LogP contribution is -2.31. The Morgan fingerprint density at radius 3 is 3.00 bits per heavy atom. The van der Waals surface area contributed by atoms with Crippen LogP contribution in [0.5, 0.6) is 0 Å². The van der Waals surface area contributed by atoms with E-state index in [-0.39, 0.29) is 0 Å². The predicted molar refractivity (Wildman–Crippen MR) is 51.3 cm³/mol. The van der Waals surface area contributed by atoms with E-state index < -0.39 is 0 Å². The summed E-state index contributed by atoms with van der Waals surface area (Å²) in [5, 5.41) is 0. The van der Waals surface area contributed by atoms with Gasteiger partial charge in [-0.2, -0.15) is 8.75 Å². The van der Waals surface area contributed by atoms with Crippen molar-refractivity contribution < 1.29 is 4.57 Å². The molecule has 2 heterocycles. The maximum atomic E-state index is 4.21. The molecule has 0 fully saturated rings. The molecule has 2 aromatic heterocycles. The van der Waals surface area contributed by atoms with Gasteiger partial charge in [-0.3, -0.25) is 0 Å². The van der Waals surface area contributed by atoms with Gasteiger partial charge < -0.3 is 0 Å². The predicted octanol–water partition coefficient (Wildman–Crippen LogP) is 1.34. The Kier molecular flexibility index (Phi) is 2.06. The minimum absolute atomic E-state index is 0.957. The molecule has 0 amide bonds. The monoisotopic (exact) mass is 192 g/mol. The van der Waals surface area contributed by atoms with Crippen molar-refractivity contribution in [2.75, 3.05) is 0 Å². The summed E-state index contributed by atoms with van der Waals surface area (Å²) in [5.41, 5.74) is 3.31. The fraction of sp³-hybridized carbons (Fsp3) is 0.222. The Bertz CT molecular complexity index is 409. The second-order valence-electron chi connectivity index (χ2n) is 2.91. The van der Waals surface area contributed by atoms with Crippen molar-refractivity contribution >= 4 is 11.7 Å². The quantitative estimate of drug-likeness (QED) is 0.638. The molecule has 0 aliphatic rings. The third-order valence-electron chi connectivity index (χ3n) is 2.13. The van der Waals surface area contributed by atoms with Crippen LogP contribution in [0.25, 0.3) is 11.3 Å². The van der Waals surface area contributed by atoms with E-state index in [4.69, 9.17) is 0 Å². The lowest BCUT2D eigenvalue weighted by molar-refractivity contribution is -0.677. The average Bonchev–Trinajstić information content (AvgIpc) is 2.62. The maximum Gasteiger partial charge on any atom is 0.187 e. The zero-order valence-corrected chi connectivity index (χ0v) is 8.38. The molecule has 0 aliphatic heterocycles. The second-order valence-corrected chi connectivity index (χ2v) is 3.47. The molecular weight excluding hydrogens is 182 g/mol. The average molecular weight is 192 g/mol. The molecule has 2 rings (SSSR count). The zero-order chi connectivity index (χ0) is 9.26. The molecule has 0 atom stereocenters. The molecule has 0 bridgehead atoms. The topological polar surface area (TPSA) is 29.7 Å². The fourth-order valence-electron chi connectivity index (χ4n) is 1.24. The molecular formula is C9H10N3S+. The minimum Gasteiger partial charge on any atom is -0.205 e. The molecule has 4 heteroatoms. The molecule has 0 aliphatic carbocycles. The van der Waals surface area contributed by atoms with E-state index in [0.717, 1.165) is 11.3 Å². The van der Waals surface area contributed by atoms with Crippen LogP contribution in [0, 0.1) is 6.92 Å².